The molecule has 1 aliphatic carbocycles. The fourth-order valence-corrected chi connectivity index (χ4v) is 4.71. The van der Waals surface area contributed by atoms with Crippen LogP contribution in [0.25, 0.3) is 0 Å². The van der Waals surface area contributed by atoms with Crippen molar-refractivity contribution in [3.63, 3.8) is 0 Å². The van der Waals surface area contributed by atoms with Crippen molar-refractivity contribution in [3.8, 4) is 0 Å². The largest absolute Gasteiger partial charge is 0.341 e. The summed E-state index contributed by atoms with van der Waals surface area (Å²) in [6.45, 7) is 2.06. The Morgan fingerprint density at radius 2 is 1.79 bits per heavy atom. The number of aromatic nitrogens is 1. The highest BCUT2D eigenvalue weighted by Crippen LogP contribution is 2.28. The van der Waals surface area contributed by atoms with Crippen LogP contribution in [-0.2, 0) is 20.9 Å². The van der Waals surface area contributed by atoms with Crippen molar-refractivity contribution in [2.45, 2.75) is 51.1 Å². The second kappa shape index (κ2) is 8.29. The van der Waals surface area contributed by atoms with E-state index in [0.29, 0.717) is 44.9 Å². The number of pyridine rings is 1. The lowest BCUT2D eigenvalue weighted by Gasteiger charge is -2.39. The van der Waals surface area contributed by atoms with Crippen molar-refractivity contribution >= 4 is 17.7 Å². The molecule has 3 heterocycles. The zero-order valence-corrected chi connectivity index (χ0v) is 16.3. The number of carbonyl (C=O) groups is 3. The highest BCUT2D eigenvalue weighted by Gasteiger charge is 2.41. The second-order valence-corrected chi connectivity index (χ2v) is 8.18. The van der Waals surface area contributed by atoms with Gasteiger partial charge in [0.15, 0.2) is 0 Å². The second-order valence-electron chi connectivity index (χ2n) is 8.18. The van der Waals surface area contributed by atoms with Gasteiger partial charge < -0.3 is 14.7 Å². The molecule has 150 valence electrons. The summed E-state index contributed by atoms with van der Waals surface area (Å²) in [7, 11) is 0. The zero-order valence-electron chi connectivity index (χ0n) is 16.3. The molecule has 0 bridgehead atoms. The van der Waals surface area contributed by atoms with Gasteiger partial charge in [0.25, 0.3) is 0 Å². The van der Waals surface area contributed by atoms with Crippen LogP contribution in [0.4, 0.5) is 0 Å². The van der Waals surface area contributed by atoms with Crippen LogP contribution in [0.15, 0.2) is 24.5 Å². The van der Waals surface area contributed by atoms with Gasteiger partial charge in [-0.3, -0.25) is 19.4 Å². The van der Waals surface area contributed by atoms with Crippen LogP contribution < -0.4 is 0 Å². The fourth-order valence-electron chi connectivity index (χ4n) is 4.71. The highest BCUT2D eigenvalue weighted by atomic mass is 16.2. The SMILES string of the molecule is O=C(CC1CCCC1)N1CCC2C(=O)N(Cc3ccncc3)CC(=O)N2CC1. The van der Waals surface area contributed by atoms with Gasteiger partial charge in [0.05, 0.1) is 0 Å². The first-order valence-electron chi connectivity index (χ1n) is 10.4. The third-order valence-electron chi connectivity index (χ3n) is 6.32. The van der Waals surface area contributed by atoms with Gasteiger partial charge in [-0.15, -0.1) is 0 Å². The van der Waals surface area contributed by atoms with Crippen molar-refractivity contribution in [1.82, 2.24) is 19.7 Å². The molecule has 4 rings (SSSR count). The van der Waals surface area contributed by atoms with Crippen LogP contribution in [0, 0.1) is 5.92 Å². The lowest BCUT2D eigenvalue weighted by atomic mass is 10.0. The van der Waals surface area contributed by atoms with Gasteiger partial charge in [-0.2, -0.15) is 0 Å². The maximum absolute atomic E-state index is 13.0. The average molecular weight is 384 g/mol. The van der Waals surface area contributed by atoms with Crippen molar-refractivity contribution in [1.29, 1.82) is 0 Å². The van der Waals surface area contributed by atoms with E-state index in [-0.39, 0.29) is 24.3 Å². The number of carbonyl (C=O) groups excluding carboxylic acids is 3. The molecule has 1 aromatic heterocycles. The predicted octanol–water partition coefficient (Wildman–Crippen LogP) is 1.43. The van der Waals surface area contributed by atoms with E-state index in [1.807, 2.05) is 17.0 Å². The molecule has 1 unspecified atom stereocenters. The molecule has 2 saturated heterocycles. The van der Waals surface area contributed by atoms with Crippen molar-refractivity contribution in [3.05, 3.63) is 30.1 Å². The molecule has 28 heavy (non-hydrogen) atoms. The summed E-state index contributed by atoms with van der Waals surface area (Å²) in [5.74, 6) is 0.656. The maximum Gasteiger partial charge on any atom is 0.246 e. The Balaban J connectivity index is 1.40. The Morgan fingerprint density at radius 3 is 2.54 bits per heavy atom. The summed E-state index contributed by atoms with van der Waals surface area (Å²) in [6.07, 6.45) is 9.27. The molecule has 3 aliphatic rings. The summed E-state index contributed by atoms with van der Waals surface area (Å²) < 4.78 is 0. The Bertz CT molecular complexity index is 732. The Labute approximate surface area is 165 Å². The van der Waals surface area contributed by atoms with Gasteiger partial charge in [-0.25, -0.2) is 0 Å². The molecule has 2 aliphatic heterocycles. The van der Waals surface area contributed by atoms with E-state index in [1.54, 1.807) is 22.2 Å². The molecule has 1 aromatic rings. The molecule has 0 aromatic carbocycles. The highest BCUT2D eigenvalue weighted by molar-refractivity contribution is 5.95. The van der Waals surface area contributed by atoms with Crippen molar-refractivity contribution in [2.24, 2.45) is 5.92 Å². The normalized spacial score (nSPS) is 23.7. The number of piperazine rings is 1. The molecule has 1 saturated carbocycles. The molecule has 0 radical (unpaired) electrons. The summed E-state index contributed by atoms with van der Waals surface area (Å²) in [5.41, 5.74) is 0.964. The minimum Gasteiger partial charge on any atom is -0.341 e. The maximum atomic E-state index is 13.0. The van der Waals surface area contributed by atoms with E-state index >= 15 is 0 Å². The Hall–Kier alpha value is -2.44. The number of hydrogen-bond acceptors (Lipinski definition) is 4. The average Bonchev–Trinajstić information content (AvgIpc) is 3.09. The quantitative estimate of drug-likeness (QED) is 0.787. The summed E-state index contributed by atoms with van der Waals surface area (Å²) in [5, 5.41) is 0. The molecule has 7 nitrogen and oxygen atoms in total. The van der Waals surface area contributed by atoms with Crippen LogP contribution in [0.2, 0.25) is 0 Å². The number of amides is 3. The zero-order chi connectivity index (χ0) is 19.5. The van der Waals surface area contributed by atoms with Crippen molar-refractivity contribution in [2.75, 3.05) is 26.2 Å². The summed E-state index contributed by atoms with van der Waals surface area (Å²) in [6, 6.07) is 3.27. The monoisotopic (exact) mass is 384 g/mol. The van der Waals surface area contributed by atoms with E-state index in [0.717, 1.165) is 18.4 Å². The van der Waals surface area contributed by atoms with E-state index in [9.17, 15) is 14.4 Å². The third-order valence-corrected chi connectivity index (χ3v) is 6.32. The molecule has 7 heteroatoms. The predicted molar refractivity (Wildman–Crippen MR) is 103 cm³/mol. The fraction of sp³-hybridized carbons (Fsp3) is 0.619. The molecule has 3 fully saturated rings. The standard InChI is InChI=1S/C21H28N4O3/c26-19(13-16-3-1-2-4-16)23-10-7-18-21(28)24(14-17-5-8-22-9-6-17)15-20(27)25(18)12-11-23/h5-6,8-9,16,18H,1-4,7,10-15H2. The first kappa shape index (κ1) is 18.9. The van der Waals surface area contributed by atoms with Crippen LogP contribution in [0.3, 0.4) is 0 Å². The van der Waals surface area contributed by atoms with Crippen molar-refractivity contribution < 1.29 is 14.4 Å². The first-order valence-corrected chi connectivity index (χ1v) is 10.4. The van der Waals surface area contributed by atoms with E-state index < -0.39 is 6.04 Å². The molecule has 0 spiro atoms. The molecule has 0 N–H and O–H groups in total. The smallest absolute Gasteiger partial charge is 0.246 e. The Kier molecular flexibility index (Phi) is 5.59. The first-order chi connectivity index (χ1) is 13.6. The summed E-state index contributed by atoms with van der Waals surface area (Å²) >= 11 is 0. The van der Waals surface area contributed by atoms with Crippen LogP contribution in [0.1, 0.15) is 44.1 Å². The molecule has 3 amide bonds. The van der Waals surface area contributed by atoms with Gasteiger partial charge >= 0.3 is 0 Å². The van der Waals surface area contributed by atoms with Crippen LogP contribution in [0.5, 0.6) is 0 Å². The lowest BCUT2D eigenvalue weighted by molar-refractivity contribution is -0.156. The topological polar surface area (TPSA) is 73.8 Å². The molecular weight excluding hydrogens is 356 g/mol. The van der Waals surface area contributed by atoms with Gasteiger partial charge in [0, 0.05) is 45.0 Å². The van der Waals surface area contributed by atoms with E-state index in [1.165, 1.54) is 12.8 Å². The number of rotatable bonds is 4. The van der Waals surface area contributed by atoms with E-state index in [2.05, 4.69) is 4.98 Å². The Morgan fingerprint density at radius 1 is 1.04 bits per heavy atom. The number of hydrogen-bond donors (Lipinski definition) is 0. The number of nitrogens with zero attached hydrogens (tertiary/aromatic N) is 4. The molecule has 1 atom stereocenters. The molecular formula is C21H28N4O3. The van der Waals surface area contributed by atoms with Gasteiger partial charge in [-0.1, -0.05) is 12.8 Å². The van der Waals surface area contributed by atoms with Gasteiger partial charge in [0.2, 0.25) is 17.7 Å². The van der Waals surface area contributed by atoms with Crippen LogP contribution in [-0.4, -0.2) is 69.6 Å². The van der Waals surface area contributed by atoms with Gasteiger partial charge in [0.1, 0.15) is 12.6 Å². The van der Waals surface area contributed by atoms with Gasteiger partial charge in [-0.05, 0) is 42.9 Å². The van der Waals surface area contributed by atoms with Crippen LogP contribution >= 0.6 is 0 Å². The third kappa shape index (κ3) is 4.03. The van der Waals surface area contributed by atoms with E-state index in [4.69, 9.17) is 0 Å². The lowest BCUT2D eigenvalue weighted by Crippen LogP contribution is -2.59. The number of fused-ring (bicyclic) bond motifs is 1. The minimum atomic E-state index is -0.452. The minimum absolute atomic E-state index is 0.0125. The summed E-state index contributed by atoms with van der Waals surface area (Å²) in [4.78, 5) is 47.6.